The highest BCUT2D eigenvalue weighted by molar-refractivity contribution is 9.12. The number of nitrogens with two attached hydrogens (primary N) is 1. The molecule has 0 saturated carbocycles. The molecule has 3 rings (SSSR count). The Bertz CT molecular complexity index is 894. The van der Waals surface area contributed by atoms with E-state index in [-0.39, 0.29) is 11.7 Å². The van der Waals surface area contributed by atoms with E-state index < -0.39 is 0 Å². The maximum atomic E-state index is 12.0. The van der Waals surface area contributed by atoms with Crippen LogP contribution >= 0.6 is 43.2 Å². The number of halogens is 2. The molecule has 0 radical (unpaired) electrons. The van der Waals surface area contributed by atoms with Crippen molar-refractivity contribution in [2.75, 3.05) is 0 Å². The van der Waals surface area contributed by atoms with Gasteiger partial charge in [0.1, 0.15) is 0 Å². The Morgan fingerprint density at radius 1 is 1.14 bits per heavy atom. The van der Waals surface area contributed by atoms with Crippen LogP contribution in [0.15, 0.2) is 36.6 Å². The summed E-state index contributed by atoms with van der Waals surface area (Å²) in [7, 11) is 3.55. The number of aryl methyl sites for hydroxylation is 2. The second-order valence-corrected chi connectivity index (χ2v) is 8.66. The van der Waals surface area contributed by atoms with E-state index in [1.807, 2.05) is 24.3 Å². The molecule has 3 aromatic rings. The number of benzene rings is 1. The Morgan fingerprint density at radius 3 is 2.43 bits per heavy atom. The molecule has 2 N–H and O–H groups in total. The number of imidazole rings is 1. The van der Waals surface area contributed by atoms with Crippen LogP contribution in [0.1, 0.15) is 17.2 Å². The zero-order chi connectivity index (χ0) is 15.3. The van der Waals surface area contributed by atoms with Gasteiger partial charge < -0.3 is 5.73 Å². The summed E-state index contributed by atoms with van der Waals surface area (Å²) in [6.07, 6.45) is 0. The number of hydrogen-bond acceptors (Lipinski definition) is 3. The fraction of sp³-hybridized carbons (Fsp3) is 0.214. The Morgan fingerprint density at radius 2 is 1.81 bits per heavy atom. The molecule has 1 unspecified atom stereocenters. The Kier molecular flexibility index (Phi) is 3.85. The van der Waals surface area contributed by atoms with Gasteiger partial charge in [0, 0.05) is 14.1 Å². The Hall–Kier alpha value is -0.890. The number of thiophene rings is 1. The molecule has 0 aliphatic rings. The first-order valence-electron chi connectivity index (χ1n) is 6.26. The van der Waals surface area contributed by atoms with E-state index in [2.05, 4.69) is 31.9 Å². The van der Waals surface area contributed by atoms with Crippen molar-refractivity contribution < 1.29 is 0 Å². The van der Waals surface area contributed by atoms with Gasteiger partial charge in [-0.1, -0.05) is 6.07 Å². The lowest BCUT2D eigenvalue weighted by Gasteiger charge is -2.12. The highest BCUT2D eigenvalue weighted by atomic mass is 79.9. The monoisotopic (exact) mass is 429 g/mol. The van der Waals surface area contributed by atoms with Crippen molar-refractivity contribution in [2.45, 2.75) is 6.04 Å². The molecule has 0 saturated heterocycles. The number of hydrogen-bond donors (Lipinski definition) is 1. The van der Waals surface area contributed by atoms with Crippen LogP contribution in [0.4, 0.5) is 0 Å². The van der Waals surface area contributed by atoms with Gasteiger partial charge in [-0.15, -0.1) is 11.3 Å². The Balaban J connectivity index is 2.15. The van der Waals surface area contributed by atoms with E-state index in [1.165, 1.54) is 0 Å². The molecular weight excluding hydrogens is 418 g/mol. The van der Waals surface area contributed by atoms with E-state index >= 15 is 0 Å². The SMILES string of the molecule is Cn1c(=O)n(C)c2cc(C(N)c3cc(Br)sc3Br)ccc21. The fourth-order valence-corrected chi connectivity index (χ4v) is 5.39. The molecule has 1 aromatic carbocycles. The minimum Gasteiger partial charge on any atom is -0.320 e. The molecular formula is C14H13Br2N3OS. The second kappa shape index (κ2) is 5.39. The van der Waals surface area contributed by atoms with Crippen LogP contribution in [0.5, 0.6) is 0 Å². The van der Waals surface area contributed by atoms with Crippen LogP contribution in [0.2, 0.25) is 0 Å². The summed E-state index contributed by atoms with van der Waals surface area (Å²) in [5.74, 6) is 0. The number of aromatic nitrogens is 2. The predicted molar refractivity (Wildman–Crippen MR) is 93.9 cm³/mol. The molecule has 110 valence electrons. The van der Waals surface area contributed by atoms with Crippen molar-refractivity contribution in [1.29, 1.82) is 0 Å². The molecule has 1 atom stereocenters. The lowest BCUT2D eigenvalue weighted by atomic mass is 10.0. The van der Waals surface area contributed by atoms with E-state index in [0.717, 1.165) is 29.7 Å². The van der Waals surface area contributed by atoms with Crippen molar-refractivity contribution >= 4 is 54.2 Å². The van der Waals surface area contributed by atoms with Gasteiger partial charge in [-0.2, -0.15) is 0 Å². The average molecular weight is 431 g/mol. The summed E-state index contributed by atoms with van der Waals surface area (Å²) >= 11 is 8.62. The van der Waals surface area contributed by atoms with Gasteiger partial charge in [-0.05, 0) is 61.2 Å². The molecule has 0 aliphatic heterocycles. The van der Waals surface area contributed by atoms with Gasteiger partial charge in [-0.3, -0.25) is 9.13 Å². The van der Waals surface area contributed by atoms with Crippen molar-refractivity contribution in [2.24, 2.45) is 19.8 Å². The van der Waals surface area contributed by atoms with Gasteiger partial charge in [-0.25, -0.2) is 4.79 Å². The smallest absolute Gasteiger partial charge is 0.320 e. The van der Waals surface area contributed by atoms with Crippen LogP contribution in [0.3, 0.4) is 0 Å². The van der Waals surface area contributed by atoms with Crippen LogP contribution in [-0.4, -0.2) is 9.13 Å². The topological polar surface area (TPSA) is 53.0 Å². The van der Waals surface area contributed by atoms with Crippen molar-refractivity contribution in [1.82, 2.24) is 9.13 Å². The lowest BCUT2D eigenvalue weighted by molar-refractivity contribution is 0.795. The van der Waals surface area contributed by atoms with Gasteiger partial charge >= 0.3 is 5.69 Å². The number of fused-ring (bicyclic) bond motifs is 1. The Labute approximate surface area is 142 Å². The largest absolute Gasteiger partial charge is 0.328 e. The number of rotatable bonds is 2. The summed E-state index contributed by atoms with van der Waals surface area (Å²) in [6, 6.07) is 7.69. The molecule has 7 heteroatoms. The highest BCUT2D eigenvalue weighted by Gasteiger charge is 2.17. The summed E-state index contributed by atoms with van der Waals surface area (Å²) < 4.78 is 5.34. The lowest BCUT2D eigenvalue weighted by Crippen LogP contribution is -2.19. The molecule has 21 heavy (non-hydrogen) atoms. The minimum absolute atomic E-state index is 0.0322. The summed E-state index contributed by atoms with van der Waals surface area (Å²) in [5, 5.41) is 0. The third-order valence-electron chi connectivity index (χ3n) is 3.67. The van der Waals surface area contributed by atoms with E-state index in [4.69, 9.17) is 5.73 Å². The average Bonchev–Trinajstić information content (AvgIpc) is 2.91. The molecule has 0 fully saturated rings. The van der Waals surface area contributed by atoms with Gasteiger partial charge in [0.25, 0.3) is 0 Å². The molecule has 2 aromatic heterocycles. The molecule has 4 nitrogen and oxygen atoms in total. The summed E-state index contributed by atoms with van der Waals surface area (Å²) in [5.41, 5.74) is 10.2. The van der Waals surface area contributed by atoms with Gasteiger partial charge in [0.05, 0.1) is 24.6 Å². The quantitative estimate of drug-likeness (QED) is 0.676. The first-order valence-corrected chi connectivity index (χ1v) is 8.66. The standard InChI is InChI=1S/C14H13Br2N3OS/c1-18-9-4-3-7(5-10(9)19(2)14(18)20)12(17)8-6-11(15)21-13(8)16/h3-6,12H,17H2,1-2H3. The van der Waals surface area contributed by atoms with E-state index in [9.17, 15) is 4.79 Å². The van der Waals surface area contributed by atoms with E-state index in [1.54, 1.807) is 34.6 Å². The molecule has 0 aliphatic carbocycles. The van der Waals surface area contributed by atoms with Crippen molar-refractivity contribution in [3.8, 4) is 0 Å². The molecule has 0 spiro atoms. The summed E-state index contributed by atoms with van der Waals surface area (Å²) in [4.78, 5) is 12.0. The first kappa shape index (κ1) is 15.0. The van der Waals surface area contributed by atoms with E-state index in [0.29, 0.717) is 0 Å². The van der Waals surface area contributed by atoms with Crippen LogP contribution in [0, 0.1) is 0 Å². The maximum Gasteiger partial charge on any atom is 0.328 e. The fourth-order valence-electron chi connectivity index (χ4n) is 2.46. The van der Waals surface area contributed by atoms with Crippen molar-refractivity contribution in [3.05, 3.63) is 53.4 Å². The summed E-state index contributed by atoms with van der Waals surface area (Å²) in [6.45, 7) is 0. The molecule has 0 amide bonds. The normalized spacial score (nSPS) is 13.0. The van der Waals surface area contributed by atoms with Gasteiger partial charge in [0.2, 0.25) is 0 Å². The zero-order valence-electron chi connectivity index (χ0n) is 11.4. The third kappa shape index (κ3) is 2.42. The van der Waals surface area contributed by atoms with Crippen molar-refractivity contribution in [3.63, 3.8) is 0 Å². The third-order valence-corrected chi connectivity index (χ3v) is 6.06. The molecule has 0 bridgehead atoms. The van der Waals surface area contributed by atoms with Gasteiger partial charge in [0.15, 0.2) is 0 Å². The zero-order valence-corrected chi connectivity index (χ0v) is 15.4. The molecule has 2 heterocycles. The van der Waals surface area contributed by atoms with Crippen LogP contribution in [0.25, 0.3) is 11.0 Å². The maximum absolute atomic E-state index is 12.0. The second-order valence-electron chi connectivity index (χ2n) is 4.91. The predicted octanol–water partition coefficient (Wildman–Crippen LogP) is 3.51. The first-order chi connectivity index (χ1) is 9.90. The van der Waals surface area contributed by atoms with Crippen LogP contribution < -0.4 is 11.4 Å². The number of nitrogens with zero attached hydrogens (tertiary/aromatic N) is 2. The highest BCUT2D eigenvalue weighted by Crippen LogP contribution is 2.37. The minimum atomic E-state index is -0.235. The van der Waals surface area contributed by atoms with Crippen LogP contribution in [-0.2, 0) is 14.1 Å².